The zero-order valence-corrected chi connectivity index (χ0v) is 27.8. The quantitative estimate of drug-likeness (QED) is 0.157. The van der Waals surface area contributed by atoms with E-state index in [0.29, 0.717) is 46.1 Å². The number of carbonyl (C=O) groups excluding carboxylic acids is 1. The molecule has 2 N–H and O–H groups in total. The highest BCUT2D eigenvalue weighted by Crippen LogP contribution is 2.38. The smallest absolute Gasteiger partial charge is 0.246 e. The molecule has 250 valence electrons. The summed E-state index contributed by atoms with van der Waals surface area (Å²) in [6.45, 7) is 12.9. The van der Waals surface area contributed by atoms with Crippen LogP contribution in [0.3, 0.4) is 0 Å². The summed E-state index contributed by atoms with van der Waals surface area (Å²) >= 11 is 1.62. The number of hydrogen-bond donors (Lipinski definition) is 2. The highest BCUT2D eigenvalue weighted by molar-refractivity contribution is 7.19. The number of benzene rings is 1. The number of anilines is 1. The number of piperazine rings is 1. The second-order valence-electron chi connectivity index (χ2n) is 11.6. The van der Waals surface area contributed by atoms with Crippen LogP contribution in [0.15, 0.2) is 48.8 Å². The zero-order chi connectivity index (χ0) is 32.0. The maximum absolute atomic E-state index is 13.1. The number of aliphatic hydroxyl groups is 1. The van der Waals surface area contributed by atoms with Gasteiger partial charge in [0.2, 0.25) is 5.91 Å². The van der Waals surface area contributed by atoms with Crippen LogP contribution in [0.25, 0.3) is 10.2 Å². The molecule has 1 atom stereocenters. The fourth-order valence-corrected chi connectivity index (χ4v) is 7.00. The molecule has 0 aliphatic carbocycles. The van der Waals surface area contributed by atoms with Crippen LogP contribution < -0.4 is 5.32 Å². The lowest BCUT2D eigenvalue weighted by Gasteiger charge is -2.34. The Bertz CT molecular complexity index is 1380. The Labute approximate surface area is 276 Å². The fraction of sp³-hybridized carbons (Fsp3) is 0.559. The van der Waals surface area contributed by atoms with E-state index < -0.39 is 0 Å². The molecular weight excluding hydrogens is 604 g/mol. The molecule has 3 aromatic rings. The van der Waals surface area contributed by atoms with Crippen molar-refractivity contribution in [3.05, 3.63) is 64.8 Å². The standard InChI is InChI=1S/C34H48N6O5S/c1-2-18-43-20-22-45-23-21-44-19-17-39-15-13-38(14-16-39)11-6-9-31(42)40-12-10-28-30(24-40)46-34-32(28)33(35-26-36-34)37-29(25-41)27-7-4-3-5-8-27/h3-9,26,29,41H,2,10-25H2,1H3,(H,35,36,37)/b9-6+/t29-/m1/s1. The number of carbonyl (C=O) groups is 1. The van der Waals surface area contributed by atoms with Crippen molar-refractivity contribution in [2.45, 2.75) is 32.4 Å². The van der Waals surface area contributed by atoms with Gasteiger partial charge in [0, 0.05) is 63.4 Å². The molecule has 0 saturated carbocycles. The van der Waals surface area contributed by atoms with E-state index in [4.69, 9.17) is 14.2 Å². The van der Waals surface area contributed by atoms with Crippen LogP contribution in [0.2, 0.25) is 0 Å². The molecule has 1 fully saturated rings. The molecule has 5 rings (SSSR count). The molecule has 1 saturated heterocycles. The van der Waals surface area contributed by atoms with Gasteiger partial charge in [0.1, 0.15) is 17.0 Å². The van der Waals surface area contributed by atoms with Gasteiger partial charge in [-0.25, -0.2) is 9.97 Å². The number of nitrogens with zero attached hydrogens (tertiary/aromatic N) is 5. The molecule has 4 heterocycles. The highest BCUT2D eigenvalue weighted by atomic mass is 32.1. The van der Waals surface area contributed by atoms with Crippen LogP contribution in [0.5, 0.6) is 0 Å². The lowest BCUT2D eigenvalue weighted by atomic mass is 10.0. The second-order valence-corrected chi connectivity index (χ2v) is 12.7. The van der Waals surface area contributed by atoms with E-state index >= 15 is 0 Å². The van der Waals surface area contributed by atoms with E-state index in [1.54, 1.807) is 23.7 Å². The third-order valence-corrected chi connectivity index (χ3v) is 9.50. The maximum atomic E-state index is 13.1. The second kappa shape index (κ2) is 18.4. The Balaban J connectivity index is 1.02. The minimum Gasteiger partial charge on any atom is -0.394 e. The highest BCUT2D eigenvalue weighted by Gasteiger charge is 2.26. The first-order chi connectivity index (χ1) is 22.7. The van der Waals surface area contributed by atoms with E-state index in [1.807, 2.05) is 41.3 Å². The molecule has 0 spiro atoms. The number of fused-ring (bicyclic) bond motifs is 3. The third-order valence-electron chi connectivity index (χ3n) is 8.38. The van der Waals surface area contributed by atoms with E-state index in [0.717, 1.165) is 85.2 Å². The first-order valence-electron chi connectivity index (χ1n) is 16.5. The van der Waals surface area contributed by atoms with Crippen LogP contribution in [0.4, 0.5) is 5.82 Å². The van der Waals surface area contributed by atoms with Gasteiger partial charge in [0.05, 0.1) is 57.6 Å². The normalized spacial score (nSPS) is 16.7. The number of thiophene rings is 1. The van der Waals surface area contributed by atoms with E-state index in [2.05, 4.69) is 32.0 Å². The van der Waals surface area contributed by atoms with E-state index in [9.17, 15) is 9.90 Å². The van der Waals surface area contributed by atoms with Crippen molar-refractivity contribution in [3.8, 4) is 0 Å². The Morgan fingerprint density at radius 2 is 1.70 bits per heavy atom. The molecule has 2 aliphatic rings. The number of rotatable bonds is 18. The van der Waals surface area contributed by atoms with Gasteiger partial charge >= 0.3 is 0 Å². The van der Waals surface area contributed by atoms with E-state index in [1.165, 1.54) is 5.56 Å². The van der Waals surface area contributed by atoms with Gasteiger partial charge in [-0.3, -0.25) is 14.6 Å². The van der Waals surface area contributed by atoms with Crippen LogP contribution in [-0.4, -0.2) is 128 Å². The zero-order valence-electron chi connectivity index (χ0n) is 26.9. The minimum absolute atomic E-state index is 0.0465. The van der Waals surface area contributed by atoms with E-state index in [-0.39, 0.29) is 18.6 Å². The molecule has 1 amide bonds. The molecule has 2 aliphatic heterocycles. The summed E-state index contributed by atoms with van der Waals surface area (Å²) in [6, 6.07) is 9.61. The lowest BCUT2D eigenvalue weighted by molar-refractivity contribution is -0.126. The summed E-state index contributed by atoms with van der Waals surface area (Å²) in [5.41, 5.74) is 2.20. The summed E-state index contributed by atoms with van der Waals surface area (Å²) < 4.78 is 16.6. The lowest BCUT2D eigenvalue weighted by Crippen LogP contribution is -2.47. The van der Waals surface area contributed by atoms with Crippen LogP contribution in [0.1, 0.15) is 35.4 Å². The van der Waals surface area contributed by atoms with Gasteiger partial charge in [0.15, 0.2) is 0 Å². The summed E-state index contributed by atoms with van der Waals surface area (Å²) in [5, 5.41) is 14.5. The van der Waals surface area contributed by atoms with Gasteiger partial charge in [-0.15, -0.1) is 11.3 Å². The van der Waals surface area contributed by atoms with Crippen molar-refractivity contribution < 1.29 is 24.1 Å². The Morgan fingerprint density at radius 3 is 2.43 bits per heavy atom. The van der Waals surface area contributed by atoms with Gasteiger partial charge < -0.3 is 29.5 Å². The van der Waals surface area contributed by atoms with Crippen molar-refractivity contribution in [3.63, 3.8) is 0 Å². The summed E-state index contributed by atoms with van der Waals surface area (Å²) in [7, 11) is 0. The largest absolute Gasteiger partial charge is 0.394 e. The topological polar surface area (TPSA) is 113 Å². The first kappa shape index (κ1) is 34.4. The number of nitrogens with one attached hydrogen (secondary N) is 1. The summed E-state index contributed by atoms with van der Waals surface area (Å²) in [4.78, 5) is 31.0. The molecule has 0 bridgehead atoms. The fourth-order valence-electron chi connectivity index (χ4n) is 5.79. The molecule has 1 aromatic carbocycles. The maximum Gasteiger partial charge on any atom is 0.246 e. The van der Waals surface area contributed by atoms with Crippen molar-refractivity contribution >= 4 is 33.3 Å². The van der Waals surface area contributed by atoms with Crippen molar-refractivity contribution in [2.24, 2.45) is 0 Å². The summed E-state index contributed by atoms with van der Waals surface area (Å²) in [6.07, 6.45) is 7.08. The van der Waals surface area contributed by atoms with Gasteiger partial charge in [0.25, 0.3) is 0 Å². The summed E-state index contributed by atoms with van der Waals surface area (Å²) in [5.74, 6) is 0.775. The Hall–Kier alpha value is -2.97. The van der Waals surface area contributed by atoms with Crippen molar-refractivity contribution in [1.82, 2.24) is 24.7 Å². The minimum atomic E-state index is -0.268. The first-order valence-corrected chi connectivity index (χ1v) is 17.3. The molecule has 0 unspecified atom stereocenters. The number of hydrogen-bond acceptors (Lipinski definition) is 11. The average Bonchev–Trinajstić information content (AvgIpc) is 3.47. The molecule has 2 aromatic heterocycles. The predicted octanol–water partition coefficient (Wildman–Crippen LogP) is 3.36. The van der Waals surface area contributed by atoms with Crippen LogP contribution in [-0.2, 0) is 32.0 Å². The van der Waals surface area contributed by atoms with Crippen molar-refractivity contribution in [2.75, 3.05) is 97.4 Å². The number of aromatic nitrogens is 2. The molecule has 46 heavy (non-hydrogen) atoms. The number of ether oxygens (including phenoxy) is 3. The molecular formula is C34H48N6O5S. The molecule has 12 heteroatoms. The van der Waals surface area contributed by atoms with Gasteiger partial charge in [-0.2, -0.15) is 0 Å². The molecule has 11 nitrogen and oxygen atoms in total. The van der Waals surface area contributed by atoms with Crippen LogP contribution >= 0.6 is 11.3 Å². The monoisotopic (exact) mass is 652 g/mol. The Morgan fingerprint density at radius 1 is 0.978 bits per heavy atom. The predicted molar refractivity (Wildman–Crippen MR) is 181 cm³/mol. The molecule has 0 radical (unpaired) electrons. The van der Waals surface area contributed by atoms with Gasteiger partial charge in [-0.05, 0) is 24.0 Å². The van der Waals surface area contributed by atoms with Gasteiger partial charge in [-0.1, -0.05) is 43.3 Å². The number of amides is 1. The third kappa shape index (κ3) is 9.77. The Kier molecular flexibility index (Phi) is 13.7. The van der Waals surface area contributed by atoms with Crippen molar-refractivity contribution in [1.29, 1.82) is 0 Å². The number of aliphatic hydroxyl groups excluding tert-OH is 1. The van der Waals surface area contributed by atoms with Crippen LogP contribution in [0, 0.1) is 0 Å². The SMILES string of the molecule is CCCOCCOCCOCCN1CCN(C/C=C/C(=O)N2CCc3c(sc4ncnc(N[C@H](CO)c5ccccc5)c34)C2)CC1. The average molecular weight is 653 g/mol.